The number of aromatic nitrogens is 2. The van der Waals surface area contributed by atoms with E-state index in [9.17, 15) is 0 Å². The van der Waals surface area contributed by atoms with Crippen molar-refractivity contribution in [1.82, 2.24) is 9.97 Å². The van der Waals surface area contributed by atoms with Crippen molar-refractivity contribution in [1.29, 1.82) is 0 Å². The van der Waals surface area contributed by atoms with Crippen molar-refractivity contribution in [3.05, 3.63) is 23.8 Å². The SMILES string of the molecule is CCC1SCCSC1c1ncc(CN)cn1. The summed E-state index contributed by atoms with van der Waals surface area (Å²) in [6.07, 6.45) is 4.90. The van der Waals surface area contributed by atoms with Gasteiger partial charge < -0.3 is 5.73 Å². The molecule has 1 aliphatic heterocycles. The second-order valence-electron chi connectivity index (χ2n) is 3.76. The lowest BCUT2D eigenvalue weighted by atomic mass is 10.2. The maximum absolute atomic E-state index is 5.54. The van der Waals surface area contributed by atoms with E-state index in [0.717, 1.165) is 11.4 Å². The predicted molar refractivity (Wildman–Crippen MR) is 71.7 cm³/mol. The monoisotopic (exact) mass is 255 g/mol. The van der Waals surface area contributed by atoms with E-state index in [1.54, 1.807) is 0 Å². The number of thioether (sulfide) groups is 2. The third-order valence-corrected chi connectivity index (χ3v) is 5.91. The highest BCUT2D eigenvalue weighted by molar-refractivity contribution is 8.06. The highest BCUT2D eigenvalue weighted by atomic mass is 32.2. The van der Waals surface area contributed by atoms with Gasteiger partial charge in [-0.1, -0.05) is 6.92 Å². The highest BCUT2D eigenvalue weighted by Crippen LogP contribution is 2.42. The molecule has 88 valence electrons. The summed E-state index contributed by atoms with van der Waals surface area (Å²) in [6.45, 7) is 2.76. The summed E-state index contributed by atoms with van der Waals surface area (Å²) < 4.78 is 0. The summed E-state index contributed by atoms with van der Waals surface area (Å²) in [4.78, 5) is 8.89. The maximum Gasteiger partial charge on any atom is 0.142 e. The van der Waals surface area contributed by atoms with E-state index in [4.69, 9.17) is 5.73 Å². The number of nitrogens with zero attached hydrogens (tertiary/aromatic N) is 2. The fourth-order valence-corrected chi connectivity index (χ4v) is 4.77. The maximum atomic E-state index is 5.54. The van der Waals surface area contributed by atoms with E-state index in [0.29, 0.717) is 17.0 Å². The van der Waals surface area contributed by atoms with Crippen molar-refractivity contribution in [3.63, 3.8) is 0 Å². The summed E-state index contributed by atoms with van der Waals surface area (Å²) in [5.74, 6) is 3.43. The summed E-state index contributed by atoms with van der Waals surface area (Å²) in [6, 6.07) is 0. The van der Waals surface area contributed by atoms with Gasteiger partial charge >= 0.3 is 0 Å². The minimum absolute atomic E-state index is 0.454. The quantitative estimate of drug-likeness (QED) is 0.897. The molecule has 2 rings (SSSR count). The molecule has 0 saturated carbocycles. The lowest BCUT2D eigenvalue weighted by molar-refractivity contribution is 0.745. The standard InChI is InChI=1S/C11H17N3S2/c1-2-9-10(16-4-3-15-9)11-13-6-8(5-12)7-14-11/h6-7,9-10H,2-5,12H2,1H3. The smallest absolute Gasteiger partial charge is 0.142 e. The fraction of sp³-hybridized carbons (Fsp3) is 0.636. The zero-order chi connectivity index (χ0) is 11.4. The van der Waals surface area contributed by atoms with Crippen LogP contribution in [0.25, 0.3) is 0 Å². The lowest BCUT2D eigenvalue weighted by Gasteiger charge is -2.28. The van der Waals surface area contributed by atoms with Gasteiger partial charge in [0.2, 0.25) is 0 Å². The van der Waals surface area contributed by atoms with Crippen LogP contribution >= 0.6 is 23.5 Å². The van der Waals surface area contributed by atoms with Gasteiger partial charge in [0.25, 0.3) is 0 Å². The van der Waals surface area contributed by atoms with Crippen molar-refractivity contribution in [3.8, 4) is 0 Å². The predicted octanol–water partition coefficient (Wildman–Crippen LogP) is 2.24. The van der Waals surface area contributed by atoms with Crippen molar-refractivity contribution < 1.29 is 0 Å². The number of nitrogens with two attached hydrogens (primary N) is 1. The summed E-state index contributed by atoms with van der Waals surface area (Å²) >= 11 is 4.04. The molecule has 2 atom stereocenters. The summed E-state index contributed by atoms with van der Waals surface area (Å²) in [5, 5.41) is 1.11. The Hall–Kier alpha value is -0.260. The Morgan fingerprint density at radius 3 is 2.62 bits per heavy atom. The van der Waals surface area contributed by atoms with Crippen LogP contribution in [0.1, 0.15) is 30.0 Å². The van der Waals surface area contributed by atoms with E-state index in [2.05, 4.69) is 28.7 Å². The molecule has 1 fully saturated rings. The zero-order valence-electron chi connectivity index (χ0n) is 9.43. The molecule has 0 amide bonds. The zero-order valence-corrected chi connectivity index (χ0v) is 11.1. The van der Waals surface area contributed by atoms with Crippen LogP contribution in [0, 0.1) is 0 Å². The fourth-order valence-electron chi connectivity index (χ4n) is 1.76. The van der Waals surface area contributed by atoms with Crippen molar-refractivity contribution >= 4 is 23.5 Å². The molecule has 0 radical (unpaired) electrons. The Balaban J connectivity index is 2.14. The summed E-state index contributed by atoms with van der Waals surface area (Å²) in [5.41, 5.74) is 6.55. The first-order valence-electron chi connectivity index (χ1n) is 5.59. The Morgan fingerprint density at radius 1 is 1.31 bits per heavy atom. The van der Waals surface area contributed by atoms with Crippen LogP contribution in [0.3, 0.4) is 0 Å². The molecular formula is C11H17N3S2. The van der Waals surface area contributed by atoms with E-state index in [-0.39, 0.29) is 0 Å². The van der Waals surface area contributed by atoms with Gasteiger partial charge in [0.15, 0.2) is 0 Å². The summed E-state index contributed by atoms with van der Waals surface area (Å²) in [7, 11) is 0. The van der Waals surface area contributed by atoms with Crippen LogP contribution in [0.4, 0.5) is 0 Å². The minimum atomic E-state index is 0.454. The highest BCUT2D eigenvalue weighted by Gasteiger charge is 2.28. The molecule has 1 aliphatic rings. The molecule has 0 bridgehead atoms. The number of hydrogen-bond acceptors (Lipinski definition) is 5. The van der Waals surface area contributed by atoms with Crippen molar-refractivity contribution in [2.45, 2.75) is 30.4 Å². The molecule has 5 heteroatoms. The molecule has 1 saturated heterocycles. The molecule has 3 nitrogen and oxygen atoms in total. The van der Waals surface area contributed by atoms with Crippen molar-refractivity contribution in [2.75, 3.05) is 11.5 Å². The van der Waals surface area contributed by atoms with Gasteiger partial charge in [0, 0.05) is 41.3 Å². The van der Waals surface area contributed by atoms with E-state index in [1.165, 1.54) is 17.9 Å². The third-order valence-electron chi connectivity index (χ3n) is 2.67. The average molecular weight is 255 g/mol. The Morgan fingerprint density at radius 2 is 2.00 bits per heavy atom. The van der Waals surface area contributed by atoms with Crippen LogP contribution in [-0.2, 0) is 6.54 Å². The molecule has 0 aliphatic carbocycles. The number of rotatable bonds is 3. The van der Waals surface area contributed by atoms with E-state index in [1.807, 2.05) is 24.2 Å². The Labute approximate surface area is 105 Å². The second-order valence-corrected chi connectivity index (χ2v) is 6.36. The molecule has 2 unspecified atom stereocenters. The van der Waals surface area contributed by atoms with Crippen LogP contribution in [-0.4, -0.2) is 26.7 Å². The average Bonchev–Trinajstić information content (AvgIpc) is 2.39. The van der Waals surface area contributed by atoms with Crippen LogP contribution in [0.5, 0.6) is 0 Å². The molecule has 1 aromatic heterocycles. The molecule has 0 spiro atoms. The third kappa shape index (κ3) is 2.70. The Kier molecular flexibility index (Phi) is 4.49. The van der Waals surface area contributed by atoms with E-state index < -0.39 is 0 Å². The molecule has 1 aromatic rings. The number of hydrogen-bond donors (Lipinski definition) is 1. The van der Waals surface area contributed by atoms with Gasteiger partial charge in [-0.05, 0) is 6.42 Å². The van der Waals surface area contributed by atoms with Gasteiger partial charge in [0.05, 0.1) is 5.25 Å². The van der Waals surface area contributed by atoms with Crippen molar-refractivity contribution in [2.24, 2.45) is 5.73 Å². The molecule has 0 aromatic carbocycles. The van der Waals surface area contributed by atoms with Crippen LogP contribution in [0.2, 0.25) is 0 Å². The van der Waals surface area contributed by atoms with Gasteiger partial charge in [-0.15, -0.1) is 11.8 Å². The Bertz CT molecular complexity index is 329. The lowest BCUT2D eigenvalue weighted by Crippen LogP contribution is -2.20. The van der Waals surface area contributed by atoms with Gasteiger partial charge in [-0.3, -0.25) is 0 Å². The largest absolute Gasteiger partial charge is 0.326 e. The molecular weight excluding hydrogens is 238 g/mol. The molecule has 16 heavy (non-hydrogen) atoms. The minimum Gasteiger partial charge on any atom is -0.326 e. The van der Waals surface area contributed by atoms with E-state index >= 15 is 0 Å². The molecule has 2 heterocycles. The first-order chi connectivity index (χ1) is 7.85. The van der Waals surface area contributed by atoms with Gasteiger partial charge in [0.1, 0.15) is 5.82 Å². The first kappa shape index (κ1) is 12.2. The first-order valence-corrected chi connectivity index (χ1v) is 7.69. The topological polar surface area (TPSA) is 51.8 Å². The second kappa shape index (κ2) is 5.89. The van der Waals surface area contributed by atoms with Gasteiger partial charge in [-0.2, -0.15) is 11.8 Å². The van der Waals surface area contributed by atoms with Crippen LogP contribution in [0.15, 0.2) is 12.4 Å². The van der Waals surface area contributed by atoms with Gasteiger partial charge in [-0.25, -0.2) is 9.97 Å². The molecule has 2 N–H and O–H groups in total. The normalized spacial score (nSPS) is 25.6. The van der Waals surface area contributed by atoms with Crippen LogP contribution < -0.4 is 5.73 Å².